The van der Waals surface area contributed by atoms with E-state index in [2.05, 4.69) is 0 Å². The van der Waals surface area contributed by atoms with Crippen LogP contribution in [0.1, 0.15) is 23.7 Å². The standard InChI is InChI=1S/C27H29F3N4O7.Na/c1-13(35)19-18-9-14(21(26(38)39)34(18)25(19)37)12-41-27(40)16-11-33(4-3-28)22-15(24(16)36)10-17(29)23(20(22)30)32-7-5-31(2)6-8-32;/h10-11,13,18-19,35H,3-9,12H2,1-2H3,(H,38,39);/q;+1/p-1/t13-,18-,19-;/m1./s1. The Kier molecular flexibility index (Phi) is 9.43. The van der Waals surface area contributed by atoms with Crippen molar-refractivity contribution in [2.24, 2.45) is 5.92 Å². The van der Waals surface area contributed by atoms with Gasteiger partial charge in [0.2, 0.25) is 11.3 Å². The van der Waals surface area contributed by atoms with Crippen molar-refractivity contribution in [3.05, 3.63) is 51.0 Å². The van der Waals surface area contributed by atoms with Gasteiger partial charge in [0, 0.05) is 32.4 Å². The fourth-order valence-corrected chi connectivity index (χ4v) is 5.92. The summed E-state index contributed by atoms with van der Waals surface area (Å²) in [5.41, 5.74) is -2.81. The fraction of sp³-hybridized carbons (Fsp3) is 0.481. The number of carboxylic acid groups (broad SMARTS) is 1. The predicted molar refractivity (Wildman–Crippen MR) is 137 cm³/mol. The minimum Gasteiger partial charge on any atom is -0.543 e. The number of β-lactam (4-membered cyclic amide) rings is 1. The molecule has 0 aliphatic carbocycles. The maximum absolute atomic E-state index is 15.8. The number of hydrogen-bond acceptors (Lipinski definition) is 9. The largest absolute Gasteiger partial charge is 1.00 e. The summed E-state index contributed by atoms with van der Waals surface area (Å²) >= 11 is 0. The van der Waals surface area contributed by atoms with Crippen LogP contribution in [0.15, 0.2) is 28.3 Å². The van der Waals surface area contributed by atoms with Gasteiger partial charge in [0.05, 0.1) is 47.2 Å². The monoisotopic (exact) mass is 600 g/mol. The molecule has 0 unspecified atom stereocenters. The van der Waals surface area contributed by atoms with Crippen LogP contribution < -0.4 is 45.0 Å². The summed E-state index contributed by atoms with van der Waals surface area (Å²) in [5.74, 6) is -6.39. The zero-order chi connectivity index (χ0) is 29.7. The van der Waals surface area contributed by atoms with Crippen LogP contribution in [-0.4, -0.2) is 96.0 Å². The van der Waals surface area contributed by atoms with Gasteiger partial charge in [-0.25, -0.2) is 18.0 Å². The number of aryl methyl sites for hydroxylation is 1. The molecule has 1 aromatic heterocycles. The second-order valence-electron chi connectivity index (χ2n) is 10.5. The molecule has 3 atom stereocenters. The number of aromatic nitrogens is 1. The zero-order valence-electron chi connectivity index (χ0n) is 23.4. The van der Waals surface area contributed by atoms with Crippen molar-refractivity contribution in [3.8, 4) is 0 Å². The second kappa shape index (κ2) is 12.4. The molecule has 0 saturated carbocycles. The van der Waals surface area contributed by atoms with Crippen LogP contribution in [0.2, 0.25) is 0 Å². The number of hydrogen-bond donors (Lipinski definition) is 1. The fourth-order valence-electron chi connectivity index (χ4n) is 5.92. The van der Waals surface area contributed by atoms with Crippen molar-refractivity contribution >= 4 is 34.4 Å². The van der Waals surface area contributed by atoms with Gasteiger partial charge >= 0.3 is 35.5 Å². The number of rotatable bonds is 8. The molecule has 1 N–H and O–H groups in total. The van der Waals surface area contributed by atoms with E-state index in [4.69, 9.17) is 4.74 Å². The van der Waals surface area contributed by atoms with E-state index in [1.807, 2.05) is 11.9 Å². The molecule has 11 nitrogen and oxygen atoms in total. The number of aliphatic carboxylic acids is 1. The Morgan fingerprint density at radius 3 is 2.45 bits per heavy atom. The van der Waals surface area contributed by atoms with Gasteiger partial charge in [0.25, 0.3) is 0 Å². The van der Waals surface area contributed by atoms with Crippen LogP contribution in [0.5, 0.6) is 0 Å². The Labute approximate surface area is 260 Å². The topological polar surface area (TPSA) is 135 Å². The number of pyridine rings is 1. The van der Waals surface area contributed by atoms with Crippen LogP contribution in [0.25, 0.3) is 10.9 Å². The molecule has 15 heteroatoms. The first kappa shape index (κ1) is 32.0. The number of piperazine rings is 1. The average Bonchev–Trinajstić information content (AvgIpc) is 3.24. The number of halogens is 3. The second-order valence-corrected chi connectivity index (χ2v) is 10.5. The number of carbonyl (C=O) groups is 3. The Morgan fingerprint density at radius 2 is 1.86 bits per heavy atom. The molecule has 220 valence electrons. The van der Waals surface area contributed by atoms with E-state index in [1.54, 1.807) is 0 Å². The van der Waals surface area contributed by atoms with Gasteiger partial charge in [-0.2, -0.15) is 0 Å². The van der Waals surface area contributed by atoms with Gasteiger partial charge in [-0.3, -0.25) is 9.59 Å². The molecule has 1 amide bonds. The van der Waals surface area contributed by atoms with Gasteiger partial charge in [-0.05, 0) is 32.0 Å². The number of ether oxygens (including phenoxy) is 1. The third-order valence-corrected chi connectivity index (χ3v) is 7.99. The molecule has 2 aromatic rings. The predicted octanol–water partition coefficient (Wildman–Crippen LogP) is -3.22. The Hall–Kier alpha value is -2.91. The van der Waals surface area contributed by atoms with Crippen molar-refractivity contribution in [1.82, 2.24) is 14.4 Å². The number of benzene rings is 1. The van der Waals surface area contributed by atoms with Crippen LogP contribution in [0.3, 0.4) is 0 Å². The van der Waals surface area contributed by atoms with E-state index >= 15 is 8.78 Å². The maximum atomic E-state index is 15.8. The van der Waals surface area contributed by atoms with Gasteiger partial charge < -0.3 is 39.0 Å². The number of aliphatic hydroxyl groups is 1. The maximum Gasteiger partial charge on any atom is 1.00 e. The number of anilines is 1. The van der Waals surface area contributed by atoms with Crippen LogP contribution in [-0.2, 0) is 20.9 Å². The van der Waals surface area contributed by atoms with Crippen molar-refractivity contribution in [2.75, 3.05) is 51.4 Å². The first-order valence-electron chi connectivity index (χ1n) is 13.1. The number of nitrogens with zero attached hydrogens (tertiary/aromatic N) is 4. The minimum absolute atomic E-state index is 0. The molecule has 42 heavy (non-hydrogen) atoms. The molecule has 0 radical (unpaired) electrons. The number of likely N-dealkylation sites (N-methyl/N-ethyl adjacent to an activating group) is 1. The summed E-state index contributed by atoms with van der Waals surface area (Å²) < 4.78 is 50.7. The van der Waals surface area contributed by atoms with Crippen LogP contribution in [0, 0.1) is 17.6 Å². The molecule has 3 aliphatic heterocycles. The first-order valence-corrected chi connectivity index (χ1v) is 13.1. The summed E-state index contributed by atoms with van der Waals surface area (Å²) in [6.07, 6.45) is -0.102. The molecule has 3 aliphatic rings. The van der Waals surface area contributed by atoms with E-state index in [0.29, 0.717) is 26.2 Å². The zero-order valence-corrected chi connectivity index (χ0v) is 25.4. The molecule has 5 rings (SSSR count). The normalized spacial score (nSPS) is 21.2. The van der Waals surface area contributed by atoms with Crippen molar-refractivity contribution in [1.29, 1.82) is 0 Å². The van der Waals surface area contributed by atoms with Crippen molar-refractivity contribution < 1.29 is 72.1 Å². The number of aliphatic hydroxyl groups excluding tert-OH is 1. The smallest absolute Gasteiger partial charge is 0.543 e. The van der Waals surface area contributed by atoms with Gasteiger partial charge in [0.1, 0.15) is 30.3 Å². The van der Waals surface area contributed by atoms with Crippen molar-refractivity contribution in [3.63, 3.8) is 0 Å². The van der Waals surface area contributed by atoms with E-state index in [0.717, 1.165) is 21.7 Å². The van der Waals surface area contributed by atoms with Gasteiger partial charge in [-0.1, -0.05) is 0 Å². The Balaban J connectivity index is 0.00000405. The number of carboxylic acids is 1. The summed E-state index contributed by atoms with van der Waals surface area (Å²) in [6.45, 7) is 1.13. The number of carbonyl (C=O) groups excluding carboxylic acids is 3. The van der Waals surface area contributed by atoms with Crippen LogP contribution in [0.4, 0.5) is 18.9 Å². The average molecular weight is 601 g/mol. The minimum atomic E-state index is -1.67. The van der Waals surface area contributed by atoms with E-state index < -0.39 is 89.4 Å². The van der Waals surface area contributed by atoms with E-state index in [-0.39, 0.29) is 52.8 Å². The molecular weight excluding hydrogens is 572 g/mol. The van der Waals surface area contributed by atoms with Crippen molar-refractivity contribution in [2.45, 2.75) is 32.0 Å². The SMILES string of the molecule is C[C@@H](O)[C@H]1C(=O)N2C(C(=O)[O-])=C(COC(=O)c3cn(CCF)c4c(F)c(N5CCN(C)CC5)c(F)cc4c3=O)C[C@H]12.[Na+]. The molecule has 2 saturated heterocycles. The van der Waals surface area contributed by atoms with Gasteiger partial charge in [-0.15, -0.1) is 0 Å². The quantitative estimate of drug-likeness (QED) is 0.189. The first-order chi connectivity index (χ1) is 19.5. The van der Waals surface area contributed by atoms with E-state index in [1.165, 1.54) is 11.8 Å². The van der Waals surface area contributed by atoms with E-state index in [9.17, 15) is 33.8 Å². The molecule has 0 spiro atoms. The molecule has 4 heterocycles. The number of esters is 1. The Morgan fingerprint density at radius 1 is 1.19 bits per heavy atom. The third-order valence-electron chi connectivity index (χ3n) is 7.99. The molecule has 0 bridgehead atoms. The molecule has 2 fully saturated rings. The van der Waals surface area contributed by atoms with Gasteiger partial charge in [0.15, 0.2) is 5.82 Å². The summed E-state index contributed by atoms with van der Waals surface area (Å²) in [5, 5.41) is 21.1. The third kappa shape index (κ3) is 5.34. The molecular formula is C27H28F3N4NaO7. The van der Waals surface area contributed by atoms with Crippen LogP contribution >= 0.6 is 0 Å². The number of alkyl halides is 1. The Bertz CT molecular complexity index is 1540. The molecule has 1 aromatic carbocycles. The number of amides is 1. The summed E-state index contributed by atoms with van der Waals surface area (Å²) in [6, 6.07) is 0.174. The summed E-state index contributed by atoms with van der Waals surface area (Å²) in [7, 11) is 1.88. The number of fused-ring (bicyclic) bond motifs is 2. The summed E-state index contributed by atoms with van der Waals surface area (Å²) in [4.78, 5) is 54.8.